The number of nitrogens with one attached hydrogen (secondary N) is 3. The number of pyridine rings is 1. The molecule has 0 saturated carbocycles. The molecule has 16 heteroatoms. The summed E-state index contributed by atoms with van der Waals surface area (Å²) in [4.78, 5) is 80.1. The average Bonchev–Trinajstić information content (AvgIpc) is 3.55. The number of carboxylic acids is 2. The average molecular weight is 740 g/mol. The van der Waals surface area contributed by atoms with E-state index in [1.54, 1.807) is 29.4 Å². The number of benzene rings is 2. The molecule has 4 amide bonds. The van der Waals surface area contributed by atoms with Crippen LogP contribution in [0.15, 0.2) is 85.2 Å². The Kier molecular flexibility index (Phi) is 14.0. The first kappa shape index (κ1) is 40.0. The maximum atomic E-state index is 13.8. The number of carbonyl (C=O) groups excluding carboxylic acids is 4. The van der Waals surface area contributed by atoms with Crippen LogP contribution in [-0.4, -0.2) is 92.0 Å². The van der Waals surface area contributed by atoms with Gasteiger partial charge in [-0.1, -0.05) is 66.7 Å². The molecule has 2 aliphatic heterocycles. The van der Waals surface area contributed by atoms with Crippen molar-refractivity contribution in [2.45, 2.75) is 87.8 Å². The number of amides is 4. The van der Waals surface area contributed by atoms with E-state index in [1.807, 2.05) is 60.7 Å². The molecule has 3 heterocycles. The zero-order valence-corrected chi connectivity index (χ0v) is 28.5. The second kappa shape index (κ2) is 18.6. The molecular weight excluding hydrogens is 699 g/mol. The van der Waals surface area contributed by atoms with E-state index in [0.717, 1.165) is 11.1 Å². The van der Waals surface area contributed by atoms with Crippen LogP contribution in [-0.2, 0) is 48.0 Å². The van der Waals surface area contributed by atoms with Crippen molar-refractivity contribution in [1.29, 1.82) is 0 Å². The molecule has 1 aromatic heterocycles. The molecule has 0 bridgehead atoms. The molecule has 5 N–H and O–H groups in total. The largest absolute Gasteiger partial charge is 0.490 e. The molecule has 13 nitrogen and oxygen atoms in total. The number of alkyl halides is 3. The number of hydrogen-bond donors (Lipinski definition) is 5. The normalized spacial score (nSPS) is 19.0. The van der Waals surface area contributed by atoms with Gasteiger partial charge in [-0.2, -0.15) is 13.2 Å². The van der Waals surface area contributed by atoms with Crippen LogP contribution < -0.4 is 16.0 Å². The number of aliphatic carboxylic acids is 2. The van der Waals surface area contributed by atoms with Crippen molar-refractivity contribution in [1.82, 2.24) is 25.8 Å². The van der Waals surface area contributed by atoms with Crippen molar-refractivity contribution >= 4 is 35.6 Å². The standard InChI is InChI=1S/C35H39N5O6.C2HF3O2/c41-31(20-24-10-5-2-6-11-24)38-28-15-13-27-14-16-30(40(27)35(28)46)34(45)39-29(19-25-12-7-17-36-22-25)33(44)37-26(21-32(42)43)18-23-8-3-1-4-9-23;3-2(4,5)1(6)7/h1-12,17,22,26-30H,13-16,18-21H2,(H,37,44)(H,38,41)(H,39,45)(H,42,43);(H,6,7)/t26-,27-,28?,29-,30-;/m0./s1. The van der Waals surface area contributed by atoms with E-state index in [1.165, 1.54) is 0 Å². The number of nitrogens with zero attached hydrogens (tertiary/aromatic N) is 2. The lowest BCUT2D eigenvalue weighted by Crippen LogP contribution is -2.60. The predicted octanol–water partition coefficient (Wildman–Crippen LogP) is 2.83. The van der Waals surface area contributed by atoms with Crippen molar-refractivity contribution in [3.63, 3.8) is 0 Å². The van der Waals surface area contributed by atoms with E-state index in [9.17, 15) is 42.3 Å². The van der Waals surface area contributed by atoms with Crippen LogP contribution in [0, 0.1) is 0 Å². The molecule has 0 radical (unpaired) electrons. The molecule has 5 atom stereocenters. The fourth-order valence-electron chi connectivity index (χ4n) is 6.40. The zero-order chi connectivity index (χ0) is 38.5. The molecule has 2 aliphatic rings. The maximum absolute atomic E-state index is 13.8. The van der Waals surface area contributed by atoms with Crippen molar-refractivity contribution in [2.75, 3.05) is 0 Å². The molecule has 2 saturated heterocycles. The fourth-order valence-corrected chi connectivity index (χ4v) is 6.40. The van der Waals surface area contributed by atoms with Gasteiger partial charge in [0.1, 0.15) is 18.1 Å². The van der Waals surface area contributed by atoms with E-state index < -0.39 is 54.1 Å². The summed E-state index contributed by atoms with van der Waals surface area (Å²) in [5.41, 5.74) is 2.42. The summed E-state index contributed by atoms with van der Waals surface area (Å²) in [6.07, 6.45) is 0.636. The van der Waals surface area contributed by atoms with Gasteiger partial charge in [0.25, 0.3) is 0 Å². The molecular formula is C37H40F3N5O8. The summed E-state index contributed by atoms with van der Waals surface area (Å²) in [6.45, 7) is 0. The van der Waals surface area contributed by atoms with Crippen LogP contribution in [0.2, 0.25) is 0 Å². The van der Waals surface area contributed by atoms with E-state index in [0.29, 0.717) is 37.7 Å². The van der Waals surface area contributed by atoms with Crippen molar-refractivity contribution in [3.05, 3.63) is 102 Å². The minimum Gasteiger partial charge on any atom is -0.481 e. The third-order valence-electron chi connectivity index (χ3n) is 8.82. The molecule has 0 aliphatic carbocycles. The Morgan fingerprint density at radius 3 is 2.00 bits per heavy atom. The number of carboxylic acid groups (broad SMARTS) is 2. The number of aromatic nitrogens is 1. The maximum Gasteiger partial charge on any atom is 0.490 e. The van der Waals surface area contributed by atoms with Crippen molar-refractivity contribution in [2.24, 2.45) is 0 Å². The van der Waals surface area contributed by atoms with Gasteiger partial charge in [-0.25, -0.2) is 4.79 Å². The lowest BCUT2D eigenvalue weighted by atomic mass is 9.97. The Morgan fingerprint density at radius 2 is 1.42 bits per heavy atom. The van der Waals surface area contributed by atoms with Gasteiger partial charge in [0.15, 0.2) is 0 Å². The lowest BCUT2D eigenvalue weighted by Gasteiger charge is -2.38. The number of hydrogen-bond acceptors (Lipinski definition) is 7. The van der Waals surface area contributed by atoms with E-state index in [-0.39, 0.29) is 37.1 Å². The SMILES string of the molecule is O=C(O)C(F)(F)F.O=C(O)C[C@H](Cc1ccccc1)NC(=O)[C@H](Cc1cccnc1)NC(=O)[C@@H]1CC[C@@H]2CCC(NC(=O)Cc3ccccc3)C(=O)N21. The summed E-state index contributed by atoms with van der Waals surface area (Å²) >= 11 is 0. The monoisotopic (exact) mass is 739 g/mol. The zero-order valence-electron chi connectivity index (χ0n) is 28.5. The van der Waals surface area contributed by atoms with Crippen molar-refractivity contribution < 1.29 is 52.2 Å². The highest BCUT2D eigenvalue weighted by atomic mass is 19.4. The minimum atomic E-state index is -5.08. The van der Waals surface area contributed by atoms with E-state index in [4.69, 9.17) is 9.90 Å². The van der Waals surface area contributed by atoms with E-state index in [2.05, 4.69) is 20.9 Å². The predicted molar refractivity (Wildman–Crippen MR) is 183 cm³/mol. The van der Waals surface area contributed by atoms with Crippen LogP contribution in [0.5, 0.6) is 0 Å². The van der Waals surface area contributed by atoms with Crippen LogP contribution in [0.4, 0.5) is 13.2 Å². The second-order valence-electron chi connectivity index (χ2n) is 12.8. The third kappa shape index (κ3) is 12.1. The summed E-state index contributed by atoms with van der Waals surface area (Å²) in [6, 6.07) is 18.7. The van der Waals surface area contributed by atoms with Crippen LogP contribution in [0.1, 0.15) is 48.8 Å². The highest BCUT2D eigenvalue weighted by molar-refractivity contribution is 5.95. The number of halogens is 3. The summed E-state index contributed by atoms with van der Waals surface area (Å²) in [5.74, 6) is -5.36. The lowest BCUT2D eigenvalue weighted by molar-refractivity contribution is -0.192. The molecule has 3 aromatic rings. The number of fused-ring (bicyclic) bond motifs is 1. The Labute approximate surface area is 303 Å². The number of carbonyl (C=O) groups is 6. The molecule has 5 rings (SSSR count). The molecule has 2 fully saturated rings. The smallest absolute Gasteiger partial charge is 0.481 e. The molecule has 2 aromatic carbocycles. The van der Waals surface area contributed by atoms with Gasteiger partial charge in [-0.05, 0) is 54.9 Å². The first-order valence-electron chi connectivity index (χ1n) is 16.9. The molecule has 1 unspecified atom stereocenters. The molecule has 53 heavy (non-hydrogen) atoms. The Balaban J connectivity index is 0.000000815. The van der Waals surface area contributed by atoms with E-state index >= 15 is 0 Å². The highest BCUT2D eigenvalue weighted by Crippen LogP contribution is 2.33. The number of rotatable bonds is 13. The van der Waals surface area contributed by atoms with Crippen molar-refractivity contribution in [3.8, 4) is 0 Å². The first-order valence-corrected chi connectivity index (χ1v) is 16.9. The van der Waals surface area contributed by atoms with Crippen LogP contribution >= 0.6 is 0 Å². The molecule has 282 valence electrons. The fraction of sp³-hybridized carbons (Fsp3) is 0.378. The van der Waals surface area contributed by atoms with Gasteiger partial charge in [0, 0.05) is 30.9 Å². The quantitative estimate of drug-likeness (QED) is 0.175. The van der Waals surface area contributed by atoms with Gasteiger partial charge in [-0.15, -0.1) is 0 Å². The minimum absolute atomic E-state index is 0.123. The number of piperidine rings is 1. The Hall–Kier alpha value is -5.80. The summed E-state index contributed by atoms with van der Waals surface area (Å²) in [5, 5.41) is 25.2. The van der Waals surface area contributed by atoms with Gasteiger partial charge < -0.3 is 31.1 Å². The van der Waals surface area contributed by atoms with Crippen LogP contribution in [0.3, 0.4) is 0 Å². The van der Waals surface area contributed by atoms with Gasteiger partial charge in [0.05, 0.1) is 12.8 Å². The highest BCUT2D eigenvalue weighted by Gasteiger charge is 2.47. The summed E-state index contributed by atoms with van der Waals surface area (Å²) in [7, 11) is 0. The van der Waals surface area contributed by atoms with Gasteiger partial charge in [0.2, 0.25) is 23.6 Å². The van der Waals surface area contributed by atoms with Gasteiger partial charge in [-0.3, -0.25) is 29.0 Å². The first-order chi connectivity index (χ1) is 25.2. The Bertz CT molecular complexity index is 1730. The topological polar surface area (TPSA) is 195 Å². The van der Waals surface area contributed by atoms with Gasteiger partial charge >= 0.3 is 18.1 Å². The molecule has 0 spiro atoms. The van der Waals surface area contributed by atoms with Crippen LogP contribution in [0.25, 0.3) is 0 Å². The Morgan fingerprint density at radius 1 is 0.811 bits per heavy atom. The summed E-state index contributed by atoms with van der Waals surface area (Å²) < 4.78 is 31.7. The third-order valence-corrected chi connectivity index (χ3v) is 8.82. The second-order valence-corrected chi connectivity index (χ2v) is 12.8.